The lowest BCUT2D eigenvalue weighted by atomic mass is 9.52. The predicted octanol–water partition coefficient (Wildman–Crippen LogP) is 3.35. The van der Waals surface area contributed by atoms with Crippen LogP contribution < -0.4 is 10.5 Å². The Morgan fingerprint density at radius 3 is 2.17 bits per heavy atom. The molecule has 0 aromatic heterocycles. The minimum atomic E-state index is 0.199. The molecule has 0 saturated heterocycles. The molecule has 0 spiro atoms. The molecule has 0 amide bonds. The van der Waals surface area contributed by atoms with Gasteiger partial charge in [-0.3, -0.25) is 0 Å². The molecule has 100 valence electrons. The summed E-state index contributed by atoms with van der Waals surface area (Å²) in [6.07, 6.45) is 2.42. The van der Waals surface area contributed by atoms with E-state index in [1.807, 2.05) is 12.1 Å². The second-order valence-corrected chi connectivity index (χ2v) is 6.68. The lowest BCUT2D eigenvalue weighted by Gasteiger charge is -2.53. The average Bonchev–Trinajstić information content (AvgIpc) is 2.27. The number of methoxy groups -OCH3 is 1. The van der Waals surface area contributed by atoms with Crippen molar-refractivity contribution in [3.05, 3.63) is 29.8 Å². The number of hydrogen-bond donors (Lipinski definition) is 1. The maximum Gasteiger partial charge on any atom is 0.118 e. The third-order valence-electron chi connectivity index (χ3n) is 4.59. The zero-order valence-corrected chi connectivity index (χ0v) is 12.0. The molecule has 0 aliphatic heterocycles. The molecule has 2 nitrogen and oxygen atoms in total. The Morgan fingerprint density at radius 2 is 1.78 bits per heavy atom. The summed E-state index contributed by atoms with van der Waals surface area (Å²) in [5.41, 5.74) is 8.01. The SMILES string of the molecule is COc1ccc(C2(CN)CC(C(C)(C)C)C2)cc1. The Kier molecular flexibility index (Phi) is 3.41. The first-order valence-electron chi connectivity index (χ1n) is 6.76. The topological polar surface area (TPSA) is 35.2 Å². The Balaban J connectivity index is 2.15. The van der Waals surface area contributed by atoms with Crippen LogP contribution in [0, 0.1) is 11.3 Å². The molecule has 0 atom stereocenters. The molecule has 18 heavy (non-hydrogen) atoms. The molecule has 0 radical (unpaired) electrons. The van der Waals surface area contributed by atoms with Gasteiger partial charge in [-0.05, 0) is 41.9 Å². The maximum absolute atomic E-state index is 6.05. The Morgan fingerprint density at radius 1 is 1.22 bits per heavy atom. The van der Waals surface area contributed by atoms with E-state index in [1.165, 1.54) is 18.4 Å². The number of ether oxygens (including phenoxy) is 1. The lowest BCUT2D eigenvalue weighted by molar-refractivity contribution is 0.0503. The molecule has 0 bridgehead atoms. The van der Waals surface area contributed by atoms with Crippen LogP contribution in [-0.4, -0.2) is 13.7 Å². The van der Waals surface area contributed by atoms with Gasteiger partial charge in [0.1, 0.15) is 5.75 Å². The zero-order valence-electron chi connectivity index (χ0n) is 12.0. The largest absolute Gasteiger partial charge is 0.497 e. The van der Waals surface area contributed by atoms with Gasteiger partial charge in [-0.15, -0.1) is 0 Å². The fraction of sp³-hybridized carbons (Fsp3) is 0.625. The van der Waals surface area contributed by atoms with Crippen LogP contribution >= 0.6 is 0 Å². The molecule has 0 heterocycles. The van der Waals surface area contributed by atoms with Crippen LogP contribution in [0.25, 0.3) is 0 Å². The van der Waals surface area contributed by atoms with E-state index >= 15 is 0 Å². The van der Waals surface area contributed by atoms with Crippen LogP contribution in [0.15, 0.2) is 24.3 Å². The van der Waals surface area contributed by atoms with E-state index in [0.29, 0.717) is 5.41 Å². The van der Waals surface area contributed by atoms with Gasteiger partial charge in [-0.1, -0.05) is 32.9 Å². The van der Waals surface area contributed by atoms with E-state index in [9.17, 15) is 0 Å². The van der Waals surface area contributed by atoms with Gasteiger partial charge in [0.2, 0.25) is 0 Å². The van der Waals surface area contributed by atoms with Crippen molar-refractivity contribution in [2.75, 3.05) is 13.7 Å². The highest BCUT2D eigenvalue weighted by Crippen LogP contribution is 2.53. The van der Waals surface area contributed by atoms with Crippen molar-refractivity contribution >= 4 is 0 Å². The quantitative estimate of drug-likeness (QED) is 0.889. The van der Waals surface area contributed by atoms with Gasteiger partial charge in [0.25, 0.3) is 0 Å². The minimum Gasteiger partial charge on any atom is -0.497 e. The monoisotopic (exact) mass is 247 g/mol. The van der Waals surface area contributed by atoms with E-state index in [2.05, 4.69) is 32.9 Å². The van der Waals surface area contributed by atoms with Crippen molar-refractivity contribution in [2.45, 2.75) is 39.0 Å². The molecule has 1 fully saturated rings. The average molecular weight is 247 g/mol. The highest BCUT2D eigenvalue weighted by Gasteiger charge is 2.48. The number of benzene rings is 1. The summed E-state index contributed by atoms with van der Waals surface area (Å²) in [4.78, 5) is 0. The van der Waals surface area contributed by atoms with Crippen LogP contribution in [0.2, 0.25) is 0 Å². The molecule has 2 heteroatoms. The molecule has 1 saturated carbocycles. The normalized spacial score (nSPS) is 27.7. The molecule has 1 aliphatic rings. The summed E-state index contributed by atoms with van der Waals surface area (Å²) in [7, 11) is 1.70. The Labute approximate surface area is 111 Å². The second kappa shape index (κ2) is 4.58. The molecule has 1 aromatic carbocycles. The third kappa shape index (κ3) is 2.26. The van der Waals surface area contributed by atoms with Crippen molar-refractivity contribution in [3.8, 4) is 5.75 Å². The van der Waals surface area contributed by atoms with Crippen LogP contribution in [0.4, 0.5) is 0 Å². The van der Waals surface area contributed by atoms with Gasteiger partial charge in [0.15, 0.2) is 0 Å². The first kappa shape index (κ1) is 13.4. The van der Waals surface area contributed by atoms with Gasteiger partial charge in [-0.2, -0.15) is 0 Å². The van der Waals surface area contributed by atoms with E-state index in [1.54, 1.807) is 7.11 Å². The van der Waals surface area contributed by atoms with Crippen molar-refractivity contribution in [1.82, 2.24) is 0 Å². The van der Waals surface area contributed by atoms with Crippen LogP contribution in [-0.2, 0) is 5.41 Å². The number of nitrogens with two attached hydrogens (primary N) is 1. The number of rotatable bonds is 3. The van der Waals surface area contributed by atoms with Crippen molar-refractivity contribution < 1.29 is 4.74 Å². The van der Waals surface area contributed by atoms with Gasteiger partial charge in [-0.25, -0.2) is 0 Å². The highest BCUT2D eigenvalue weighted by atomic mass is 16.5. The molecule has 1 aromatic rings. The summed E-state index contributed by atoms with van der Waals surface area (Å²) in [6, 6.07) is 8.42. The number of hydrogen-bond acceptors (Lipinski definition) is 2. The molecule has 2 rings (SSSR count). The van der Waals surface area contributed by atoms with Gasteiger partial charge in [0.05, 0.1) is 7.11 Å². The van der Waals surface area contributed by atoms with Crippen LogP contribution in [0.3, 0.4) is 0 Å². The molecular weight excluding hydrogens is 222 g/mol. The Bertz CT molecular complexity index is 396. The van der Waals surface area contributed by atoms with Crippen molar-refractivity contribution in [1.29, 1.82) is 0 Å². The molecular formula is C16H25NO. The summed E-state index contributed by atoms with van der Waals surface area (Å²) in [5, 5.41) is 0. The van der Waals surface area contributed by atoms with Gasteiger partial charge in [0, 0.05) is 12.0 Å². The van der Waals surface area contributed by atoms with E-state index in [0.717, 1.165) is 18.2 Å². The maximum atomic E-state index is 6.05. The van der Waals surface area contributed by atoms with E-state index in [-0.39, 0.29) is 5.41 Å². The molecule has 2 N–H and O–H groups in total. The van der Waals surface area contributed by atoms with Gasteiger partial charge < -0.3 is 10.5 Å². The first-order valence-corrected chi connectivity index (χ1v) is 6.76. The Hall–Kier alpha value is -1.02. The third-order valence-corrected chi connectivity index (χ3v) is 4.59. The smallest absolute Gasteiger partial charge is 0.118 e. The molecule has 0 unspecified atom stereocenters. The lowest BCUT2D eigenvalue weighted by Crippen LogP contribution is -2.50. The summed E-state index contributed by atoms with van der Waals surface area (Å²) in [6.45, 7) is 7.72. The van der Waals surface area contributed by atoms with E-state index < -0.39 is 0 Å². The first-order chi connectivity index (χ1) is 8.41. The molecule has 1 aliphatic carbocycles. The standard InChI is InChI=1S/C16H25NO/c1-15(2,3)13-9-16(10-13,11-17)12-5-7-14(18-4)8-6-12/h5-8,13H,9-11,17H2,1-4H3. The predicted molar refractivity (Wildman–Crippen MR) is 75.9 cm³/mol. The fourth-order valence-corrected chi connectivity index (χ4v) is 2.96. The second-order valence-electron chi connectivity index (χ2n) is 6.68. The highest BCUT2D eigenvalue weighted by molar-refractivity contribution is 5.35. The summed E-state index contributed by atoms with van der Waals surface area (Å²) < 4.78 is 5.21. The van der Waals surface area contributed by atoms with Gasteiger partial charge >= 0.3 is 0 Å². The van der Waals surface area contributed by atoms with Crippen molar-refractivity contribution in [3.63, 3.8) is 0 Å². The fourth-order valence-electron chi connectivity index (χ4n) is 2.96. The summed E-state index contributed by atoms with van der Waals surface area (Å²) >= 11 is 0. The van der Waals surface area contributed by atoms with E-state index in [4.69, 9.17) is 10.5 Å². The zero-order chi connectivity index (χ0) is 13.4. The minimum absolute atomic E-state index is 0.199. The summed E-state index contributed by atoms with van der Waals surface area (Å²) in [5.74, 6) is 1.70. The van der Waals surface area contributed by atoms with Crippen LogP contribution in [0.1, 0.15) is 39.2 Å². The van der Waals surface area contributed by atoms with Crippen molar-refractivity contribution in [2.24, 2.45) is 17.1 Å². The van der Waals surface area contributed by atoms with Crippen LogP contribution in [0.5, 0.6) is 5.75 Å².